The van der Waals surface area contributed by atoms with Gasteiger partial charge >= 0.3 is 5.97 Å². The largest absolute Gasteiger partial charge is 0.493 e. The summed E-state index contributed by atoms with van der Waals surface area (Å²) in [7, 11) is 4.74. The predicted octanol–water partition coefficient (Wildman–Crippen LogP) is 3.91. The van der Waals surface area contributed by atoms with Crippen molar-refractivity contribution in [1.82, 2.24) is 4.90 Å². The van der Waals surface area contributed by atoms with Crippen LogP contribution >= 0.6 is 0 Å². The number of hydrogen-bond acceptors (Lipinski definition) is 5. The molecule has 2 unspecified atom stereocenters. The molecule has 29 heavy (non-hydrogen) atoms. The maximum atomic E-state index is 11.9. The number of benzene rings is 2. The molecule has 156 valence electrons. The van der Waals surface area contributed by atoms with Gasteiger partial charge in [-0.3, -0.25) is 9.69 Å². The number of carbonyl (C=O) groups is 1. The molecule has 0 radical (unpaired) electrons. The highest BCUT2D eigenvalue weighted by Gasteiger charge is 2.37. The van der Waals surface area contributed by atoms with Crippen LogP contribution in [0.15, 0.2) is 36.4 Å². The van der Waals surface area contributed by atoms with E-state index < -0.39 is 12.0 Å². The number of carboxylic acids is 1. The summed E-state index contributed by atoms with van der Waals surface area (Å²) in [6, 6.07) is 11.5. The lowest BCUT2D eigenvalue weighted by Gasteiger charge is -2.32. The van der Waals surface area contributed by atoms with Crippen molar-refractivity contribution in [2.24, 2.45) is 0 Å². The lowest BCUT2D eigenvalue weighted by Crippen LogP contribution is -2.39. The highest BCUT2D eigenvalue weighted by atomic mass is 16.5. The minimum absolute atomic E-state index is 0.224. The molecule has 2 aromatic carbocycles. The normalized spacial score (nSPS) is 17.7. The number of ether oxygens (including phenoxy) is 3. The molecule has 0 amide bonds. The number of hydrogen-bond donors (Lipinski definition) is 1. The number of methoxy groups -OCH3 is 3. The molecule has 0 aliphatic carbocycles. The van der Waals surface area contributed by atoms with E-state index in [0.29, 0.717) is 30.2 Å². The lowest BCUT2D eigenvalue weighted by atomic mass is 9.94. The molecule has 2 aromatic rings. The number of carboxylic acid groups (broad SMARTS) is 1. The van der Waals surface area contributed by atoms with Crippen molar-refractivity contribution in [3.05, 3.63) is 53.1 Å². The fraction of sp³-hybridized carbons (Fsp3) is 0.435. The Bertz CT molecular complexity index is 824. The van der Waals surface area contributed by atoms with Crippen LogP contribution < -0.4 is 14.2 Å². The van der Waals surface area contributed by atoms with Gasteiger partial charge in [0, 0.05) is 6.54 Å². The molecule has 6 nitrogen and oxygen atoms in total. The Labute approximate surface area is 172 Å². The topological polar surface area (TPSA) is 68.2 Å². The molecule has 0 bridgehead atoms. The Balaban J connectivity index is 2.15. The van der Waals surface area contributed by atoms with Crippen molar-refractivity contribution in [3.63, 3.8) is 0 Å². The second-order valence-electron chi connectivity index (χ2n) is 7.19. The Morgan fingerprint density at radius 1 is 1.07 bits per heavy atom. The SMILES string of the molecule is CCc1ccc(C(c2cc(OC)c(OC)c(OC)c2)N2CCCC2C(=O)O)cc1. The first-order valence-corrected chi connectivity index (χ1v) is 9.91. The van der Waals surface area contributed by atoms with Crippen molar-refractivity contribution in [3.8, 4) is 17.2 Å². The fourth-order valence-electron chi connectivity index (χ4n) is 4.13. The smallest absolute Gasteiger partial charge is 0.320 e. The lowest BCUT2D eigenvalue weighted by molar-refractivity contribution is -0.142. The second kappa shape index (κ2) is 9.18. The Hall–Kier alpha value is -2.73. The molecular weight excluding hydrogens is 370 g/mol. The monoisotopic (exact) mass is 399 g/mol. The molecule has 1 heterocycles. The van der Waals surface area contributed by atoms with Crippen molar-refractivity contribution < 1.29 is 24.1 Å². The Morgan fingerprint density at radius 2 is 1.69 bits per heavy atom. The second-order valence-corrected chi connectivity index (χ2v) is 7.19. The van der Waals surface area contributed by atoms with Crippen LogP contribution in [-0.4, -0.2) is 49.9 Å². The highest BCUT2D eigenvalue weighted by molar-refractivity contribution is 5.74. The minimum Gasteiger partial charge on any atom is -0.493 e. The van der Waals surface area contributed by atoms with Crippen LogP contribution in [0.5, 0.6) is 17.2 Å². The third kappa shape index (κ3) is 4.17. The van der Waals surface area contributed by atoms with Gasteiger partial charge in [0.2, 0.25) is 5.75 Å². The average Bonchev–Trinajstić information content (AvgIpc) is 3.23. The number of aliphatic carboxylic acids is 1. The van der Waals surface area contributed by atoms with E-state index in [9.17, 15) is 9.90 Å². The van der Waals surface area contributed by atoms with E-state index in [1.165, 1.54) is 5.56 Å². The van der Waals surface area contributed by atoms with Crippen LogP contribution in [0.1, 0.15) is 42.5 Å². The molecule has 0 spiro atoms. The summed E-state index contributed by atoms with van der Waals surface area (Å²) in [6.45, 7) is 2.83. The van der Waals surface area contributed by atoms with Gasteiger partial charge in [0.25, 0.3) is 0 Å². The molecule has 1 aliphatic heterocycles. The third-order valence-electron chi connectivity index (χ3n) is 5.62. The van der Waals surface area contributed by atoms with Crippen molar-refractivity contribution >= 4 is 5.97 Å². The molecule has 2 atom stereocenters. The highest BCUT2D eigenvalue weighted by Crippen LogP contribution is 2.43. The van der Waals surface area contributed by atoms with Crippen LogP contribution in [0.2, 0.25) is 0 Å². The van der Waals surface area contributed by atoms with E-state index in [1.54, 1.807) is 21.3 Å². The zero-order chi connectivity index (χ0) is 21.0. The van der Waals surface area contributed by atoms with Gasteiger partial charge < -0.3 is 19.3 Å². The van der Waals surface area contributed by atoms with Gasteiger partial charge in [-0.25, -0.2) is 0 Å². The van der Waals surface area contributed by atoms with Crippen LogP contribution in [0.3, 0.4) is 0 Å². The zero-order valence-corrected chi connectivity index (χ0v) is 17.5. The first kappa shape index (κ1) is 21.0. The van der Waals surface area contributed by atoms with Gasteiger partial charge in [-0.2, -0.15) is 0 Å². The Kier molecular flexibility index (Phi) is 6.64. The van der Waals surface area contributed by atoms with E-state index in [-0.39, 0.29) is 6.04 Å². The zero-order valence-electron chi connectivity index (χ0n) is 17.5. The average molecular weight is 399 g/mol. The maximum absolute atomic E-state index is 11.9. The molecule has 1 aliphatic rings. The van der Waals surface area contributed by atoms with Gasteiger partial charge in [0.15, 0.2) is 11.5 Å². The first-order valence-electron chi connectivity index (χ1n) is 9.91. The van der Waals surface area contributed by atoms with Crippen LogP contribution in [0.4, 0.5) is 0 Å². The van der Waals surface area contributed by atoms with Gasteiger partial charge in [0.05, 0.1) is 27.4 Å². The standard InChI is InChI=1S/C23H29NO5/c1-5-15-8-10-16(11-9-15)21(24-12-6-7-18(24)23(25)26)17-13-19(27-2)22(29-4)20(14-17)28-3/h8-11,13-14,18,21H,5-7,12H2,1-4H3,(H,25,26). The molecule has 1 N–H and O–H groups in total. The van der Waals surface area contributed by atoms with E-state index in [4.69, 9.17) is 14.2 Å². The number of likely N-dealkylation sites (tertiary alicyclic amines) is 1. The van der Waals surface area contributed by atoms with Gasteiger partial charge in [0.1, 0.15) is 6.04 Å². The summed E-state index contributed by atoms with van der Waals surface area (Å²) < 4.78 is 16.5. The summed E-state index contributed by atoms with van der Waals surface area (Å²) in [5.74, 6) is 0.853. The molecule has 1 saturated heterocycles. The molecule has 0 saturated carbocycles. The molecule has 1 fully saturated rings. The number of aryl methyl sites for hydroxylation is 1. The predicted molar refractivity (Wildman–Crippen MR) is 111 cm³/mol. The summed E-state index contributed by atoms with van der Waals surface area (Å²) in [4.78, 5) is 14.0. The van der Waals surface area contributed by atoms with Gasteiger partial charge in [-0.1, -0.05) is 31.2 Å². The van der Waals surface area contributed by atoms with Crippen molar-refractivity contribution in [1.29, 1.82) is 0 Å². The van der Waals surface area contributed by atoms with Gasteiger partial charge in [-0.15, -0.1) is 0 Å². The first-order chi connectivity index (χ1) is 14.0. The quantitative estimate of drug-likeness (QED) is 0.726. The fourth-order valence-corrected chi connectivity index (χ4v) is 4.13. The third-order valence-corrected chi connectivity index (χ3v) is 5.62. The van der Waals surface area contributed by atoms with E-state index in [0.717, 1.165) is 24.0 Å². The van der Waals surface area contributed by atoms with Crippen molar-refractivity contribution in [2.45, 2.75) is 38.3 Å². The summed E-state index contributed by atoms with van der Waals surface area (Å²) in [5, 5.41) is 9.78. The molecule has 0 aromatic heterocycles. The summed E-state index contributed by atoms with van der Waals surface area (Å²) in [6.07, 6.45) is 2.45. The number of nitrogens with zero attached hydrogens (tertiary/aromatic N) is 1. The van der Waals surface area contributed by atoms with Crippen LogP contribution in [0, 0.1) is 0 Å². The molecular formula is C23H29NO5. The van der Waals surface area contributed by atoms with Gasteiger partial charge in [-0.05, 0) is 48.1 Å². The summed E-state index contributed by atoms with van der Waals surface area (Å²) >= 11 is 0. The summed E-state index contributed by atoms with van der Waals surface area (Å²) in [5.41, 5.74) is 3.20. The van der Waals surface area contributed by atoms with Crippen LogP contribution in [0.25, 0.3) is 0 Å². The van der Waals surface area contributed by atoms with E-state index >= 15 is 0 Å². The molecule has 6 heteroatoms. The van der Waals surface area contributed by atoms with Crippen LogP contribution in [-0.2, 0) is 11.2 Å². The minimum atomic E-state index is -0.787. The van der Waals surface area contributed by atoms with E-state index in [2.05, 4.69) is 36.1 Å². The maximum Gasteiger partial charge on any atom is 0.320 e. The molecule has 3 rings (SSSR count). The Morgan fingerprint density at radius 3 is 2.17 bits per heavy atom. The number of rotatable bonds is 8. The van der Waals surface area contributed by atoms with E-state index in [1.807, 2.05) is 12.1 Å². The van der Waals surface area contributed by atoms with Crippen molar-refractivity contribution in [2.75, 3.05) is 27.9 Å².